The molecule has 1 aliphatic carbocycles. The van der Waals surface area contributed by atoms with E-state index in [1.165, 1.54) is 23.1 Å². The van der Waals surface area contributed by atoms with Crippen LogP contribution >= 0.6 is 0 Å². The van der Waals surface area contributed by atoms with E-state index in [1.54, 1.807) is 4.90 Å². The van der Waals surface area contributed by atoms with E-state index in [2.05, 4.69) is 5.32 Å². The van der Waals surface area contributed by atoms with Crippen LogP contribution in [0.3, 0.4) is 0 Å². The van der Waals surface area contributed by atoms with E-state index in [0.29, 0.717) is 18.8 Å². The Hall–Kier alpha value is -2.59. The van der Waals surface area contributed by atoms with Gasteiger partial charge in [-0.05, 0) is 37.0 Å². The summed E-state index contributed by atoms with van der Waals surface area (Å²) in [5.41, 5.74) is 5.27. The summed E-state index contributed by atoms with van der Waals surface area (Å²) < 4.78 is 32.6. The summed E-state index contributed by atoms with van der Waals surface area (Å²) in [5, 5.41) is 2.46. The SMILES string of the molecule is CC(C)CN(C1CC1)[C@@H](C(N)=O)C(=O)Nc1ccc(N2CCOCC2=O)cc1C(F)F. The number of hydrogen-bond donors (Lipinski definition) is 2. The van der Waals surface area contributed by atoms with Crippen LogP contribution in [-0.2, 0) is 19.1 Å². The summed E-state index contributed by atoms with van der Waals surface area (Å²) in [6, 6.07) is 2.81. The average molecular weight is 438 g/mol. The van der Waals surface area contributed by atoms with Gasteiger partial charge in [-0.3, -0.25) is 19.3 Å². The molecule has 3 rings (SSSR count). The zero-order chi connectivity index (χ0) is 22.7. The van der Waals surface area contributed by atoms with Gasteiger partial charge >= 0.3 is 0 Å². The van der Waals surface area contributed by atoms with Gasteiger partial charge in [0.15, 0.2) is 6.04 Å². The maximum atomic E-state index is 13.8. The van der Waals surface area contributed by atoms with Gasteiger partial charge in [-0.25, -0.2) is 8.78 Å². The predicted molar refractivity (Wildman–Crippen MR) is 111 cm³/mol. The third kappa shape index (κ3) is 5.56. The van der Waals surface area contributed by atoms with E-state index in [0.717, 1.165) is 12.8 Å². The lowest BCUT2D eigenvalue weighted by Gasteiger charge is -2.30. The summed E-state index contributed by atoms with van der Waals surface area (Å²) in [5.74, 6) is -1.70. The number of anilines is 2. The second-order valence-corrected chi connectivity index (χ2v) is 8.29. The lowest BCUT2D eigenvalue weighted by molar-refractivity contribution is -0.133. The first-order valence-electron chi connectivity index (χ1n) is 10.3. The van der Waals surface area contributed by atoms with Crippen LogP contribution < -0.4 is 16.0 Å². The summed E-state index contributed by atoms with van der Waals surface area (Å²) in [7, 11) is 0. The van der Waals surface area contributed by atoms with Crippen LogP contribution in [0.15, 0.2) is 18.2 Å². The van der Waals surface area contributed by atoms with Crippen molar-refractivity contribution in [3.05, 3.63) is 23.8 Å². The molecule has 2 aliphatic rings. The Kier molecular flexibility index (Phi) is 7.22. The molecule has 0 unspecified atom stereocenters. The van der Waals surface area contributed by atoms with E-state index in [4.69, 9.17) is 10.5 Å². The first-order chi connectivity index (χ1) is 14.7. The summed E-state index contributed by atoms with van der Waals surface area (Å²) in [6.45, 7) is 4.86. The highest BCUT2D eigenvalue weighted by molar-refractivity contribution is 6.10. The van der Waals surface area contributed by atoms with Gasteiger partial charge < -0.3 is 20.7 Å². The van der Waals surface area contributed by atoms with Crippen molar-refractivity contribution in [2.45, 2.75) is 45.2 Å². The van der Waals surface area contributed by atoms with Crippen LogP contribution in [0.4, 0.5) is 20.2 Å². The second-order valence-electron chi connectivity index (χ2n) is 8.29. The molecule has 0 bridgehead atoms. The van der Waals surface area contributed by atoms with Crippen molar-refractivity contribution in [3.8, 4) is 0 Å². The summed E-state index contributed by atoms with van der Waals surface area (Å²) in [6.07, 6.45) is -1.18. The van der Waals surface area contributed by atoms with Gasteiger partial charge in [-0.15, -0.1) is 0 Å². The zero-order valence-corrected chi connectivity index (χ0v) is 17.6. The minimum absolute atomic E-state index is 0.0786. The molecule has 1 aliphatic heterocycles. The molecular weight excluding hydrogens is 410 g/mol. The molecule has 1 heterocycles. The monoisotopic (exact) mass is 438 g/mol. The van der Waals surface area contributed by atoms with Gasteiger partial charge in [0.1, 0.15) is 6.61 Å². The topological polar surface area (TPSA) is 105 Å². The third-order valence-corrected chi connectivity index (χ3v) is 5.27. The number of ether oxygens (including phenoxy) is 1. The van der Waals surface area contributed by atoms with E-state index in [-0.39, 0.29) is 36.7 Å². The number of carbonyl (C=O) groups excluding carboxylic acids is 3. The van der Waals surface area contributed by atoms with Gasteiger partial charge in [0.25, 0.3) is 18.2 Å². The van der Waals surface area contributed by atoms with Crippen LogP contribution in [0.2, 0.25) is 0 Å². The van der Waals surface area contributed by atoms with Crippen molar-refractivity contribution in [1.82, 2.24) is 4.90 Å². The molecule has 1 saturated heterocycles. The van der Waals surface area contributed by atoms with Gasteiger partial charge in [0.05, 0.1) is 6.61 Å². The lowest BCUT2D eigenvalue weighted by Crippen LogP contribution is -2.54. The number of carbonyl (C=O) groups is 3. The number of amides is 3. The molecule has 8 nitrogen and oxygen atoms in total. The Morgan fingerprint density at radius 1 is 1.32 bits per heavy atom. The summed E-state index contributed by atoms with van der Waals surface area (Å²) in [4.78, 5) is 40.2. The van der Waals surface area contributed by atoms with Crippen molar-refractivity contribution in [2.75, 3.05) is 36.5 Å². The van der Waals surface area contributed by atoms with Crippen LogP contribution in [0, 0.1) is 5.92 Å². The molecule has 170 valence electrons. The smallest absolute Gasteiger partial charge is 0.265 e. The fourth-order valence-corrected chi connectivity index (χ4v) is 3.74. The van der Waals surface area contributed by atoms with Crippen molar-refractivity contribution in [1.29, 1.82) is 0 Å². The fraction of sp³-hybridized carbons (Fsp3) is 0.571. The molecule has 1 saturated carbocycles. The fourth-order valence-electron chi connectivity index (χ4n) is 3.74. The van der Waals surface area contributed by atoms with Gasteiger partial charge in [0.2, 0.25) is 5.91 Å². The minimum Gasteiger partial charge on any atom is -0.370 e. The average Bonchev–Trinajstić information content (AvgIpc) is 3.52. The Balaban J connectivity index is 1.84. The maximum Gasteiger partial charge on any atom is 0.265 e. The standard InChI is InChI=1S/C21H28F2N4O4/c1-12(2)10-27(13-3-4-13)18(20(24)29)21(30)25-16-6-5-14(9-15(16)19(22)23)26-7-8-31-11-17(26)28/h5-6,9,12-13,18-19H,3-4,7-8,10-11H2,1-2H3,(H2,24,29)(H,25,30)/t18-/m0/s1. The van der Waals surface area contributed by atoms with Gasteiger partial charge in [-0.2, -0.15) is 0 Å². The number of benzene rings is 1. The number of alkyl halides is 2. The Morgan fingerprint density at radius 3 is 2.58 bits per heavy atom. The highest BCUT2D eigenvalue weighted by atomic mass is 19.3. The highest BCUT2D eigenvalue weighted by Gasteiger charge is 2.40. The first kappa shape index (κ1) is 23.1. The van der Waals surface area contributed by atoms with Crippen molar-refractivity contribution < 1.29 is 27.9 Å². The minimum atomic E-state index is -2.89. The molecule has 0 aromatic heterocycles. The van der Waals surface area contributed by atoms with E-state index < -0.39 is 29.8 Å². The number of rotatable bonds is 9. The molecule has 1 aromatic rings. The highest BCUT2D eigenvalue weighted by Crippen LogP contribution is 2.33. The van der Waals surface area contributed by atoms with Gasteiger partial charge in [-0.1, -0.05) is 13.8 Å². The van der Waals surface area contributed by atoms with Gasteiger partial charge in [0, 0.05) is 36.1 Å². The van der Waals surface area contributed by atoms with E-state index in [1.807, 2.05) is 13.8 Å². The number of primary amides is 1. The number of nitrogens with two attached hydrogens (primary N) is 1. The molecule has 1 atom stereocenters. The Morgan fingerprint density at radius 2 is 2.03 bits per heavy atom. The van der Waals surface area contributed by atoms with Crippen LogP contribution in [0.25, 0.3) is 0 Å². The number of nitrogens with one attached hydrogen (secondary N) is 1. The Bertz CT molecular complexity index is 845. The number of morpholine rings is 1. The number of nitrogens with zero attached hydrogens (tertiary/aromatic N) is 2. The van der Waals surface area contributed by atoms with Crippen LogP contribution in [0.1, 0.15) is 38.7 Å². The predicted octanol–water partition coefficient (Wildman–Crippen LogP) is 1.90. The lowest BCUT2D eigenvalue weighted by atomic mass is 10.1. The maximum absolute atomic E-state index is 13.8. The molecular formula is C21H28F2N4O4. The second kappa shape index (κ2) is 9.69. The molecule has 2 fully saturated rings. The molecule has 0 radical (unpaired) electrons. The number of hydrogen-bond acceptors (Lipinski definition) is 5. The van der Waals surface area contributed by atoms with Crippen LogP contribution in [-0.4, -0.2) is 61.0 Å². The zero-order valence-electron chi connectivity index (χ0n) is 17.6. The van der Waals surface area contributed by atoms with Crippen molar-refractivity contribution in [3.63, 3.8) is 0 Å². The molecule has 3 amide bonds. The molecule has 10 heteroatoms. The van der Waals surface area contributed by atoms with Crippen molar-refractivity contribution in [2.24, 2.45) is 11.7 Å². The summed E-state index contributed by atoms with van der Waals surface area (Å²) >= 11 is 0. The largest absolute Gasteiger partial charge is 0.370 e. The van der Waals surface area contributed by atoms with Crippen molar-refractivity contribution >= 4 is 29.1 Å². The Labute approximate surface area is 179 Å². The number of halogens is 2. The molecule has 3 N–H and O–H groups in total. The quantitative estimate of drug-likeness (QED) is 0.573. The molecule has 31 heavy (non-hydrogen) atoms. The van der Waals surface area contributed by atoms with Crippen LogP contribution in [0.5, 0.6) is 0 Å². The molecule has 1 aromatic carbocycles. The normalized spacial score (nSPS) is 18.0. The van der Waals surface area contributed by atoms with E-state index in [9.17, 15) is 23.2 Å². The third-order valence-electron chi connectivity index (χ3n) is 5.27. The molecule has 0 spiro atoms. The van der Waals surface area contributed by atoms with E-state index >= 15 is 0 Å². The first-order valence-corrected chi connectivity index (χ1v) is 10.3.